The summed E-state index contributed by atoms with van der Waals surface area (Å²) in [6.07, 6.45) is 3.48. The molecule has 106 valence electrons. The van der Waals surface area contributed by atoms with Crippen LogP contribution in [0.5, 0.6) is 0 Å². The number of imidazole rings is 1. The average molecular weight is 355 g/mol. The Bertz CT molecular complexity index is 647. The molecule has 0 aliphatic heterocycles. The van der Waals surface area contributed by atoms with Gasteiger partial charge in [0.15, 0.2) is 0 Å². The Hall–Kier alpha value is -1.00. The minimum Gasteiger partial charge on any atom is -0.383 e. The van der Waals surface area contributed by atoms with E-state index in [4.69, 9.17) is 22.3 Å². The highest BCUT2D eigenvalue weighted by Crippen LogP contribution is 2.43. The highest BCUT2D eigenvalue weighted by molar-refractivity contribution is 9.10. The number of aromatic nitrogens is 2. The molecule has 0 saturated heterocycles. The number of nitrogen functional groups attached to an aromatic ring is 1. The van der Waals surface area contributed by atoms with Gasteiger partial charge in [-0.3, -0.25) is 0 Å². The average Bonchev–Trinajstić information content (AvgIpc) is 3.19. The molecule has 1 aliphatic rings. The monoisotopic (exact) mass is 353 g/mol. The predicted molar refractivity (Wildman–Crippen MR) is 87.1 cm³/mol. The van der Waals surface area contributed by atoms with Crippen molar-refractivity contribution < 1.29 is 0 Å². The third-order valence-electron chi connectivity index (χ3n) is 3.61. The van der Waals surface area contributed by atoms with E-state index in [2.05, 4.69) is 27.4 Å². The van der Waals surface area contributed by atoms with Crippen LogP contribution in [0.25, 0.3) is 11.3 Å². The van der Waals surface area contributed by atoms with Gasteiger partial charge in [-0.05, 0) is 31.4 Å². The van der Waals surface area contributed by atoms with Gasteiger partial charge in [0.25, 0.3) is 0 Å². The molecule has 1 saturated carbocycles. The zero-order valence-electron chi connectivity index (χ0n) is 11.4. The maximum absolute atomic E-state index is 6.34. The Morgan fingerprint density at radius 1 is 1.45 bits per heavy atom. The normalized spacial score (nSPS) is 14.8. The Balaban J connectivity index is 2.11. The molecule has 1 aromatic carbocycles. The van der Waals surface area contributed by atoms with Crippen LogP contribution in [0.1, 0.15) is 37.9 Å². The Kier molecular flexibility index (Phi) is 3.78. The van der Waals surface area contributed by atoms with Crippen LogP contribution >= 0.6 is 27.5 Å². The summed E-state index contributed by atoms with van der Waals surface area (Å²) in [6.45, 7) is 3.07. The maximum atomic E-state index is 6.34. The van der Waals surface area contributed by atoms with E-state index in [1.54, 1.807) is 0 Å². The fourth-order valence-corrected chi connectivity index (χ4v) is 3.24. The smallest absolute Gasteiger partial charge is 0.131 e. The molecular formula is C15H17BrClN3. The van der Waals surface area contributed by atoms with Gasteiger partial charge in [-0.25, -0.2) is 4.98 Å². The lowest BCUT2D eigenvalue weighted by molar-refractivity contribution is 0.646. The van der Waals surface area contributed by atoms with E-state index < -0.39 is 0 Å². The standard InChI is InChI=1S/C15H17BrClN3/c1-2-7-20-14(18)13(19-15(20)9-3-4-9)11-6-5-10(16)8-12(11)17/h5-6,8-9H,2-4,7,18H2,1H3. The van der Waals surface area contributed by atoms with Crippen LogP contribution in [0.2, 0.25) is 5.02 Å². The Morgan fingerprint density at radius 2 is 2.20 bits per heavy atom. The molecular weight excluding hydrogens is 338 g/mol. The van der Waals surface area contributed by atoms with Crippen LogP contribution in [0, 0.1) is 0 Å². The van der Waals surface area contributed by atoms with Gasteiger partial charge in [-0.2, -0.15) is 0 Å². The summed E-state index contributed by atoms with van der Waals surface area (Å²) in [5.74, 6) is 2.43. The number of halogens is 2. The minimum absolute atomic E-state index is 0.576. The fraction of sp³-hybridized carbons (Fsp3) is 0.400. The first-order valence-corrected chi connectivity index (χ1v) is 8.10. The first-order valence-electron chi connectivity index (χ1n) is 6.93. The topological polar surface area (TPSA) is 43.8 Å². The molecule has 2 N–H and O–H groups in total. The highest BCUT2D eigenvalue weighted by Gasteiger charge is 2.31. The summed E-state index contributed by atoms with van der Waals surface area (Å²) >= 11 is 9.76. The van der Waals surface area contributed by atoms with Crippen molar-refractivity contribution in [3.05, 3.63) is 33.5 Å². The zero-order valence-corrected chi connectivity index (χ0v) is 13.7. The molecule has 1 aliphatic carbocycles. The lowest BCUT2D eigenvalue weighted by Gasteiger charge is -2.07. The van der Waals surface area contributed by atoms with Gasteiger partial charge in [0.2, 0.25) is 0 Å². The largest absolute Gasteiger partial charge is 0.383 e. The van der Waals surface area contributed by atoms with Crippen molar-refractivity contribution in [2.45, 2.75) is 38.6 Å². The second-order valence-electron chi connectivity index (χ2n) is 5.25. The van der Waals surface area contributed by atoms with E-state index in [1.807, 2.05) is 18.2 Å². The molecule has 0 unspecified atom stereocenters. The number of nitrogens with two attached hydrogens (primary N) is 1. The highest BCUT2D eigenvalue weighted by atomic mass is 79.9. The molecule has 0 atom stereocenters. The van der Waals surface area contributed by atoms with Crippen molar-refractivity contribution in [3.63, 3.8) is 0 Å². The molecule has 0 radical (unpaired) electrons. The fourth-order valence-electron chi connectivity index (χ4n) is 2.47. The van der Waals surface area contributed by atoms with Crippen molar-refractivity contribution in [1.29, 1.82) is 0 Å². The van der Waals surface area contributed by atoms with Gasteiger partial charge in [-0.1, -0.05) is 40.5 Å². The van der Waals surface area contributed by atoms with E-state index in [0.29, 0.717) is 10.9 Å². The third kappa shape index (κ3) is 2.47. The summed E-state index contributed by atoms with van der Waals surface area (Å²) in [6, 6.07) is 5.82. The second-order valence-corrected chi connectivity index (χ2v) is 6.58. The van der Waals surface area contributed by atoms with Crippen molar-refractivity contribution in [2.24, 2.45) is 0 Å². The van der Waals surface area contributed by atoms with E-state index in [0.717, 1.165) is 40.3 Å². The van der Waals surface area contributed by atoms with Gasteiger partial charge < -0.3 is 10.3 Å². The minimum atomic E-state index is 0.576. The molecule has 1 fully saturated rings. The van der Waals surface area contributed by atoms with Gasteiger partial charge in [-0.15, -0.1) is 0 Å². The molecule has 3 rings (SSSR count). The summed E-state index contributed by atoms with van der Waals surface area (Å²) in [7, 11) is 0. The quantitative estimate of drug-likeness (QED) is 0.854. The van der Waals surface area contributed by atoms with Crippen molar-refractivity contribution in [3.8, 4) is 11.3 Å². The number of anilines is 1. The molecule has 0 bridgehead atoms. The van der Waals surface area contributed by atoms with Crippen molar-refractivity contribution in [1.82, 2.24) is 9.55 Å². The van der Waals surface area contributed by atoms with Gasteiger partial charge in [0, 0.05) is 22.5 Å². The Labute approximate surface area is 132 Å². The summed E-state index contributed by atoms with van der Waals surface area (Å²) in [5.41, 5.74) is 8.05. The molecule has 0 amide bonds. The third-order valence-corrected chi connectivity index (χ3v) is 4.42. The number of benzene rings is 1. The van der Waals surface area contributed by atoms with E-state index >= 15 is 0 Å². The lowest BCUT2D eigenvalue weighted by atomic mass is 10.1. The molecule has 5 heteroatoms. The second kappa shape index (κ2) is 5.41. The molecule has 1 aromatic heterocycles. The SMILES string of the molecule is CCCn1c(C2CC2)nc(-c2ccc(Br)cc2Cl)c1N. The summed E-state index contributed by atoms with van der Waals surface area (Å²) in [4.78, 5) is 4.79. The van der Waals surface area contributed by atoms with Gasteiger partial charge in [0.1, 0.15) is 17.3 Å². The van der Waals surface area contributed by atoms with Crippen LogP contribution in [0.3, 0.4) is 0 Å². The van der Waals surface area contributed by atoms with Crippen molar-refractivity contribution in [2.75, 3.05) is 5.73 Å². The Morgan fingerprint density at radius 3 is 2.80 bits per heavy atom. The number of hydrogen-bond acceptors (Lipinski definition) is 2. The van der Waals surface area contributed by atoms with E-state index in [-0.39, 0.29) is 0 Å². The predicted octanol–water partition coefficient (Wildman–Crippen LogP) is 4.84. The lowest BCUT2D eigenvalue weighted by Crippen LogP contribution is -2.06. The van der Waals surface area contributed by atoms with Crippen LogP contribution in [0.4, 0.5) is 5.82 Å². The molecule has 3 nitrogen and oxygen atoms in total. The van der Waals surface area contributed by atoms with Gasteiger partial charge in [0.05, 0.1) is 5.02 Å². The number of hydrogen-bond donors (Lipinski definition) is 1. The molecule has 20 heavy (non-hydrogen) atoms. The van der Waals surface area contributed by atoms with Crippen molar-refractivity contribution >= 4 is 33.3 Å². The first-order chi connectivity index (χ1) is 9.61. The molecule has 0 spiro atoms. The summed E-state index contributed by atoms with van der Waals surface area (Å²) in [5, 5.41) is 0.676. The van der Waals surface area contributed by atoms with E-state index in [9.17, 15) is 0 Å². The van der Waals surface area contributed by atoms with Gasteiger partial charge >= 0.3 is 0 Å². The van der Waals surface area contributed by atoms with Crippen LogP contribution in [-0.4, -0.2) is 9.55 Å². The maximum Gasteiger partial charge on any atom is 0.131 e. The number of nitrogens with zero attached hydrogens (tertiary/aromatic N) is 2. The zero-order chi connectivity index (χ0) is 14.3. The first kappa shape index (κ1) is 14.0. The molecule has 1 heterocycles. The van der Waals surface area contributed by atoms with E-state index in [1.165, 1.54) is 12.8 Å². The van der Waals surface area contributed by atoms with Crippen LogP contribution in [0.15, 0.2) is 22.7 Å². The van der Waals surface area contributed by atoms with Crippen LogP contribution < -0.4 is 5.73 Å². The molecule has 2 aromatic rings. The number of rotatable bonds is 4. The van der Waals surface area contributed by atoms with Crippen LogP contribution in [-0.2, 0) is 6.54 Å². The summed E-state index contributed by atoms with van der Waals surface area (Å²) < 4.78 is 3.12.